The molecule has 1 heteroatoms. The molecule has 0 spiro atoms. The highest BCUT2D eigenvalue weighted by Crippen LogP contribution is 2.43. The van der Waals surface area contributed by atoms with E-state index in [0.29, 0.717) is 0 Å². The van der Waals surface area contributed by atoms with Gasteiger partial charge in [-0.2, -0.15) is 0 Å². The van der Waals surface area contributed by atoms with Gasteiger partial charge in [-0.25, -0.2) is 0 Å². The fourth-order valence-electron chi connectivity index (χ4n) is 2.74. The molecular formula is C12H25N. The maximum atomic E-state index is 2.42. The molecule has 0 bridgehead atoms. The van der Waals surface area contributed by atoms with E-state index in [-0.39, 0.29) is 0 Å². The maximum Gasteiger partial charge on any atom is 0.000641 e. The van der Waals surface area contributed by atoms with E-state index in [0.717, 1.165) is 23.7 Å². The Balaban J connectivity index is 2.33. The van der Waals surface area contributed by atoms with Gasteiger partial charge in [0.05, 0.1) is 0 Å². The van der Waals surface area contributed by atoms with E-state index in [2.05, 4.69) is 39.8 Å². The van der Waals surface area contributed by atoms with Crippen LogP contribution < -0.4 is 0 Å². The molecule has 1 aliphatic rings. The van der Waals surface area contributed by atoms with E-state index in [4.69, 9.17) is 0 Å². The average molecular weight is 183 g/mol. The monoisotopic (exact) mass is 183 g/mol. The molecule has 3 atom stereocenters. The Bertz CT molecular complexity index is 151. The predicted octanol–water partition coefficient (Wildman–Crippen LogP) is 2.87. The zero-order chi connectivity index (χ0) is 10.0. The smallest absolute Gasteiger partial charge is 0.000641 e. The summed E-state index contributed by atoms with van der Waals surface area (Å²) in [5, 5.41) is 0. The lowest BCUT2D eigenvalue weighted by Gasteiger charge is -2.45. The van der Waals surface area contributed by atoms with Gasteiger partial charge >= 0.3 is 0 Å². The van der Waals surface area contributed by atoms with Gasteiger partial charge in [-0.1, -0.05) is 20.8 Å². The standard InChI is InChI=1S/C12H25N/c1-9(2)6-12-10(3)7-11(12)8-13(4)5/h9-12H,6-8H2,1-5H3. The number of hydrogen-bond donors (Lipinski definition) is 0. The van der Waals surface area contributed by atoms with Gasteiger partial charge < -0.3 is 4.90 Å². The lowest BCUT2D eigenvalue weighted by Crippen LogP contribution is -2.41. The molecule has 0 aromatic rings. The first-order chi connectivity index (χ1) is 6.00. The Morgan fingerprint density at radius 3 is 2.31 bits per heavy atom. The average Bonchev–Trinajstić information content (AvgIpc) is 1.99. The Hall–Kier alpha value is -0.0400. The van der Waals surface area contributed by atoms with Gasteiger partial charge in [0, 0.05) is 6.54 Å². The van der Waals surface area contributed by atoms with Crippen LogP contribution in [0.15, 0.2) is 0 Å². The van der Waals surface area contributed by atoms with Crippen LogP contribution in [0.2, 0.25) is 0 Å². The first-order valence-electron chi connectivity index (χ1n) is 5.65. The summed E-state index contributed by atoms with van der Waals surface area (Å²) in [6.45, 7) is 8.40. The molecule has 1 nitrogen and oxygen atoms in total. The molecule has 0 heterocycles. The summed E-state index contributed by atoms with van der Waals surface area (Å²) in [4.78, 5) is 2.34. The first kappa shape index (κ1) is 11.0. The van der Waals surface area contributed by atoms with Crippen molar-refractivity contribution in [2.75, 3.05) is 20.6 Å². The van der Waals surface area contributed by atoms with Crippen LogP contribution in [0, 0.1) is 23.7 Å². The van der Waals surface area contributed by atoms with Crippen molar-refractivity contribution >= 4 is 0 Å². The quantitative estimate of drug-likeness (QED) is 0.648. The van der Waals surface area contributed by atoms with Crippen molar-refractivity contribution in [3.05, 3.63) is 0 Å². The van der Waals surface area contributed by atoms with Crippen molar-refractivity contribution in [3.8, 4) is 0 Å². The summed E-state index contributed by atoms with van der Waals surface area (Å²) in [7, 11) is 4.38. The van der Waals surface area contributed by atoms with Crippen LogP contribution in [0.3, 0.4) is 0 Å². The molecular weight excluding hydrogens is 158 g/mol. The van der Waals surface area contributed by atoms with Crippen molar-refractivity contribution in [2.45, 2.75) is 33.6 Å². The topological polar surface area (TPSA) is 3.24 Å². The molecule has 1 fully saturated rings. The minimum absolute atomic E-state index is 0.873. The van der Waals surface area contributed by atoms with Crippen LogP contribution in [-0.4, -0.2) is 25.5 Å². The lowest BCUT2D eigenvalue weighted by atomic mass is 9.62. The third-order valence-electron chi connectivity index (χ3n) is 3.35. The Labute approximate surface area is 83.5 Å². The van der Waals surface area contributed by atoms with E-state index < -0.39 is 0 Å². The van der Waals surface area contributed by atoms with Crippen molar-refractivity contribution < 1.29 is 0 Å². The van der Waals surface area contributed by atoms with E-state index in [1.165, 1.54) is 19.4 Å². The third-order valence-corrected chi connectivity index (χ3v) is 3.35. The minimum atomic E-state index is 0.873. The van der Waals surface area contributed by atoms with Gasteiger partial charge in [0.2, 0.25) is 0 Å². The maximum absolute atomic E-state index is 2.42. The van der Waals surface area contributed by atoms with E-state index in [1.807, 2.05) is 0 Å². The summed E-state index contributed by atoms with van der Waals surface area (Å²) in [6.07, 6.45) is 2.88. The Kier molecular flexibility index (Phi) is 3.78. The fraction of sp³-hybridized carbons (Fsp3) is 1.00. The van der Waals surface area contributed by atoms with E-state index >= 15 is 0 Å². The third kappa shape index (κ3) is 2.98. The first-order valence-corrected chi connectivity index (χ1v) is 5.65. The van der Waals surface area contributed by atoms with Crippen LogP contribution in [0.5, 0.6) is 0 Å². The van der Waals surface area contributed by atoms with Crippen molar-refractivity contribution in [1.82, 2.24) is 4.90 Å². The van der Waals surface area contributed by atoms with Gasteiger partial charge in [0.1, 0.15) is 0 Å². The van der Waals surface area contributed by atoms with Crippen molar-refractivity contribution in [3.63, 3.8) is 0 Å². The highest BCUT2D eigenvalue weighted by Gasteiger charge is 2.37. The van der Waals surface area contributed by atoms with Gasteiger partial charge in [-0.3, -0.25) is 0 Å². The highest BCUT2D eigenvalue weighted by molar-refractivity contribution is 4.88. The second kappa shape index (κ2) is 4.45. The van der Waals surface area contributed by atoms with Crippen LogP contribution in [0.25, 0.3) is 0 Å². The summed E-state index contributed by atoms with van der Waals surface area (Å²) >= 11 is 0. The molecule has 3 unspecified atom stereocenters. The van der Waals surface area contributed by atoms with Gasteiger partial charge in [0.25, 0.3) is 0 Å². The largest absolute Gasteiger partial charge is 0.309 e. The summed E-state index contributed by atoms with van der Waals surface area (Å²) in [6, 6.07) is 0. The van der Waals surface area contributed by atoms with Gasteiger partial charge in [0.15, 0.2) is 0 Å². The lowest BCUT2D eigenvalue weighted by molar-refractivity contribution is 0.0450. The summed E-state index contributed by atoms with van der Waals surface area (Å²) in [5.41, 5.74) is 0. The highest BCUT2D eigenvalue weighted by atomic mass is 15.1. The van der Waals surface area contributed by atoms with Crippen LogP contribution in [-0.2, 0) is 0 Å². The number of rotatable bonds is 4. The minimum Gasteiger partial charge on any atom is -0.309 e. The zero-order valence-corrected chi connectivity index (χ0v) is 9.88. The molecule has 1 saturated carbocycles. The summed E-state index contributed by atoms with van der Waals surface area (Å²) in [5.74, 6) is 3.83. The number of nitrogens with zero attached hydrogens (tertiary/aromatic N) is 1. The molecule has 1 aliphatic carbocycles. The predicted molar refractivity (Wildman–Crippen MR) is 58.8 cm³/mol. The molecule has 0 aromatic heterocycles. The number of hydrogen-bond acceptors (Lipinski definition) is 1. The van der Waals surface area contributed by atoms with Gasteiger partial charge in [-0.15, -0.1) is 0 Å². The molecule has 0 radical (unpaired) electrons. The van der Waals surface area contributed by atoms with E-state index in [1.54, 1.807) is 0 Å². The molecule has 1 rings (SSSR count). The van der Waals surface area contributed by atoms with Crippen LogP contribution in [0.1, 0.15) is 33.6 Å². The fourth-order valence-corrected chi connectivity index (χ4v) is 2.74. The molecule has 0 aromatic carbocycles. The second-order valence-electron chi connectivity index (χ2n) is 5.53. The Morgan fingerprint density at radius 2 is 1.92 bits per heavy atom. The normalized spacial score (nSPS) is 33.9. The van der Waals surface area contributed by atoms with Gasteiger partial charge in [-0.05, 0) is 50.6 Å². The molecule has 78 valence electrons. The molecule has 0 saturated heterocycles. The van der Waals surface area contributed by atoms with Crippen molar-refractivity contribution in [2.24, 2.45) is 23.7 Å². The molecule has 0 aliphatic heterocycles. The molecule has 0 amide bonds. The second-order valence-corrected chi connectivity index (χ2v) is 5.53. The van der Waals surface area contributed by atoms with E-state index in [9.17, 15) is 0 Å². The van der Waals surface area contributed by atoms with Crippen LogP contribution >= 0.6 is 0 Å². The van der Waals surface area contributed by atoms with Crippen LogP contribution in [0.4, 0.5) is 0 Å². The SMILES string of the molecule is CC(C)CC1C(C)CC1CN(C)C. The van der Waals surface area contributed by atoms with Crippen molar-refractivity contribution in [1.29, 1.82) is 0 Å². The zero-order valence-electron chi connectivity index (χ0n) is 9.88. The Morgan fingerprint density at radius 1 is 1.31 bits per heavy atom. The molecule has 0 N–H and O–H groups in total. The molecule has 13 heavy (non-hydrogen) atoms. The summed E-state index contributed by atoms with van der Waals surface area (Å²) < 4.78 is 0.